The number of rotatable bonds is 15. The molecule has 2 aromatic heterocycles. The van der Waals surface area contributed by atoms with Crippen molar-refractivity contribution in [2.24, 2.45) is 0 Å². The number of para-hydroxylation sites is 10. The highest BCUT2D eigenvalue weighted by molar-refractivity contribution is 6.10. The van der Waals surface area contributed by atoms with Gasteiger partial charge in [-0.2, -0.15) is 0 Å². The van der Waals surface area contributed by atoms with Gasteiger partial charge in [-0.3, -0.25) is 0 Å². The molecule has 6 nitrogen and oxygen atoms in total. The number of benzene rings is 21. The van der Waals surface area contributed by atoms with Crippen LogP contribution in [0.3, 0.4) is 0 Å². The Morgan fingerprint density at radius 1 is 0.207 bits per heavy atom. The predicted molar refractivity (Wildman–Crippen MR) is 561 cm³/mol. The molecule has 26 rings (SSSR count). The number of furan rings is 2. The van der Waals surface area contributed by atoms with E-state index in [-0.39, 0.29) is 5.41 Å². The molecule has 0 spiro atoms. The summed E-state index contributed by atoms with van der Waals surface area (Å²) >= 11 is 0. The van der Waals surface area contributed by atoms with Gasteiger partial charge in [0, 0.05) is 83.3 Å². The van der Waals surface area contributed by atoms with Crippen LogP contribution in [0.15, 0.2) is 518 Å². The lowest BCUT2D eigenvalue weighted by molar-refractivity contribution is 0.643. The first-order valence-corrected chi connectivity index (χ1v) is 46.6. The maximum Gasteiger partial charge on any atom is 0.140 e. The largest absolute Gasteiger partial charge is 0.456 e. The lowest BCUT2D eigenvalue weighted by Gasteiger charge is -2.46. The van der Waals surface area contributed by atoms with Gasteiger partial charge in [-0.15, -0.1) is 0 Å². The van der Waals surface area contributed by atoms with Crippen molar-refractivity contribution in [1.29, 1.82) is 0 Å². The molecule has 0 saturated heterocycles. The minimum Gasteiger partial charge on any atom is -0.456 e. The molecule has 638 valence electrons. The first-order valence-electron chi connectivity index (χ1n) is 46.6. The molecule has 6 heteroatoms. The van der Waals surface area contributed by atoms with Gasteiger partial charge in [-0.25, -0.2) is 0 Å². The Hall–Kier alpha value is -17.3. The van der Waals surface area contributed by atoms with Crippen LogP contribution in [-0.4, -0.2) is 0 Å². The van der Waals surface area contributed by atoms with Crippen molar-refractivity contribution in [2.75, 3.05) is 19.6 Å². The summed E-state index contributed by atoms with van der Waals surface area (Å²) in [5.74, 6) is 0. The van der Waals surface area contributed by atoms with E-state index in [1.54, 1.807) is 0 Å². The van der Waals surface area contributed by atoms with E-state index in [1.165, 1.54) is 88.7 Å². The van der Waals surface area contributed by atoms with Crippen molar-refractivity contribution in [2.45, 2.75) is 30.1 Å². The van der Waals surface area contributed by atoms with Crippen LogP contribution in [0, 0.1) is 0 Å². The fraction of sp³-hybridized carbons (Fsp3) is 0.0388. The summed E-state index contributed by atoms with van der Waals surface area (Å²) in [6.45, 7) is 4.70. The van der Waals surface area contributed by atoms with Crippen LogP contribution < -0.4 is 19.6 Å². The third kappa shape index (κ3) is 13.0. The van der Waals surface area contributed by atoms with Gasteiger partial charge in [0.2, 0.25) is 0 Å². The van der Waals surface area contributed by atoms with Crippen LogP contribution in [0.4, 0.5) is 68.2 Å². The molecule has 21 aromatic carbocycles. The van der Waals surface area contributed by atoms with Crippen molar-refractivity contribution >= 4 is 123 Å². The molecule has 4 heterocycles. The summed E-state index contributed by atoms with van der Waals surface area (Å²) in [4.78, 5) is 9.63. The number of fused-ring (bicyclic) bond motifs is 14. The SMILES string of the molecule is CC1(C)c2ccccc2-c2ccc(N(c3ccccc3)c3ccc(N4c5ccccc5C(c5ccc(-c6ccccc6)cc5)(c5cccc6c5oc5ccccc56)c5ccccc54)cc3)cc21.c1ccc(-c2cccc(C3(c4cccc5c4oc4ccccc45)c4ccccc4N(c4ccc(-c5ccc(N(c6ccccc6)c6cccc7ccccc67)cc5)cc4)c4ccccc43)c2)cc1. The van der Waals surface area contributed by atoms with Gasteiger partial charge in [0.05, 0.1) is 39.3 Å². The highest BCUT2D eigenvalue weighted by Crippen LogP contribution is 2.63. The summed E-state index contributed by atoms with van der Waals surface area (Å²) < 4.78 is 13.9. The van der Waals surface area contributed by atoms with Crippen LogP contribution in [0.25, 0.3) is 99.2 Å². The minimum absolute atomic E-state index is 0.113. The van der Waals surface area contributed by atoms with E-state index in [2.05, 4.69) is 543 Å². The van der Waals surface area contributed by atoms with E-state index in [1.807, 2.05) is 0 Å². The maximum absolute atomic E-state index is 6.96. The molecule has 2 aliphatic heterocycles. The van der Waals surface area contributed by atoms with Crippen molar-refractivity contribution in [3.05, 3.63) is 565 Å². The van der Waals surface area contributed by atoms with E-state index in [4.69, 9.17) is 8.83 Å². The number of nitrogens with zero attached hydrogens (tertiary/aromatic N) is 4. The Bertz CT molecular complexity index is 8360. The van der Waals surface area contributed by atoms with Gasteiger partial charge in [-0.05, 0) is 228 Å². The quantitative estimate of drug-likeness (QED) is 0.102. The third-order valence-corrected chi connectivity index (χ3v) is 28.5. The van der Waals surface area contributed by atoms with Crippen molar-refractivity contribution < 1.29 is 8.83 Å². The predicted octanol–water partition coefficient (Wildman–Crippen LogP) is 34.9. The zero-order valence-corrected chi connectivity index (χ0v) is 74.6. The maximum atomic E-state index is 6.96. The highest BCUT2D eigenvalue weighted by Gasteiger charge is 2.51. The third-order valence-electron chi connectivity index (χ3n) is 28.5. The summed E-state index contributed by atoms with van der Waals surface area (Å²) in [5.41, 5.74) is 37.0. The van der Waals surface area contributed by atoms with Crippen molar-refractivity contribution in [3.63, 3.8) is 0 Å². The average Bonchev–Trinajstić information content (AvgIpc) is 1.49. The molecular weight excluding hydrogens is 1640 g/mol. The first kappa shape index (κ1) is 79.8. The molecule has 0 N–H and O–H groups in total. The van der Waals surface area contributed by atoms with E-state index in [9.17, 15) is 0 Å². The molecule has 0 bridgehead atoms. The standard InChI is InChI=1S/C65H44N2O.C64H46N2O/c1-3-18-45(19-4-1)49-22-15-23-50(44-49)65(59-31-17-28-56-55-27-9-14-35-63(55)68-64(56)59)57-29-10-12-32-61(57)67(62-33-13-11-30-58(62)65)53-42-38-47(39-43-53)46-36-40-52(41-37-46)66(51-24-5-2-6-25-51)60-34-16-21-48-20-7-8-26-54(48)60;1-63(2)54-25-11-9-22-50(54)51-41-40-49(42-58(51)63)65(46-20-7-4-8-21-46)47-36-38-48(39-37-47)66-59-29-14-12-26-55(59)64(56-27-13-15-30-60(56)66,45-34-32-44(33-35-45)43-18-5-3-6-19-43)57-28-17-24-53-52-23-10-16-31-61(52)67-62(53)57/h1-44H;3-42H,1-2H3. The fourth-order valence-electron chi connectivity index (χ4n) is 22.4. The van der Waals surface area contributed by atoms with E-state index in [0.717, 1.165) is 134 Å². The van der Waals surface area contributed by atoms with Gasteiger partial charge in [0.15, 0.2) is 0 Å². The lowest BCUT2D eigenvalue weighted by Crippen LogP contribution is -2.37. The highest BCUT2D eigenvalue weighted by atomic mass is 16.3. The zero-order valence-electron chi connectivity index (χ0n) is 74.6. The Balaban J connectivity index is 0.000000144. The summed E-state index contributed by atoms with van der Waals surface area (Å²) in [5, 5.41) is 6.88. The van der Waals surface area contributed by atoms with Gasteiger partial charge in [0.25, 0.3) is 0 Å². The van der Waals surface area contributed by atoms with Crippen LogP contribution in [0.1, 0.15) is 69.5 Å². The summed E-state index contributed by atoms with van der Waals surface area (Å²) in [6.07, 6.45) is 0. The molecule has 0 unspecified atom stereocenters. The van der Waals surface area contributed by atoms with Gasteiger partial charge < -0.3 is 28.4 Å². The molecule has 0 saturated carbocycles. The van der Waals surface area contributed by atoms with Crippen LogP contribution in [0.5, 0.6) is 0 Å². The van der Waals surface area contributed by atoms with Crippen LogP contribution in [-0.2, 0) is 16.2 Å². The van der Waals surface area contributed by atoms with Gasteiger partial charge in [-0.1, -0.05) is 390 Å². The molecule has 0 radical (unpaired) electrons. The van der Waals surface area contributed by atoms with E-state index >= 15 is 0 Å². The molecule has 1 aliphatic carbocycles. The fourth-order valence-corrected chi connectivity index (χ4v) is 22.4. The molecule has 23 aromatic rings. The monoisotopic (exact) mass is 1730 g/mol. The van der Waals surface area contributed by atoms with Crippen LogP contribution >= 0.6 is 0 Å². The molecule has 0 fully saturated rings. The normalized spacial score (nSPS) is 13.4. The summed E-state index contributed by atoms with van der Waals surface area (Å²) in [7, 11) is 0. The first-order chi connectivity index (χ1) is 66.7. The number of hydrogen-bond donors (Lipinski definition) is 0. The molecule has 135 heavy (non-hydrogen) atoms. The van der Waals surface area contributed by atoms with E-state index < -0.39 is 10.8 Å². The number of anilines is 12. The average molecular weight is 1730 g/mol. The second-order valence-corrected chi connectivity index (χ2v) is 36.0. The zero-order chi connectivity index (χ0) is 89.7. The van der Waals surface area contributed by atoms with Crippen molar-refractivity contribution in [1.82, 2.24) is 0 Å². The smallest absolute Gasteiger partial charge is 0.140 e. The Morgan fingerprint density at radius 3 is 1.09 bits per heavy atom. The lowest BCUT2D eigenvalue weighted by atomic mass is 9.62. The molecule has 3 aliphatic rings. The Labute approximate surface area is 785 Å². The summed E-state index contributed by atoms with van der Waals surface area (Å²) in [6, 6.07) is 185. The van der Waals surface area contributed by atoms with Gasteiger partial charge in [0.1, 0.15) is 22.3 Å². The van der Waals surface area contributed by atoms with Crippen LogP contribution in [0.2, 0.25) is 0 Å². The van der Waals surface area contributed by atoms with E-state index in [0.29, 0.717) is 0 Å². The molecular formula is C129H90N4O2. The molecule has 0 atom stereocenters. The second kappa shape index (κ2) is 32.7. The van der Waals surface area contributed by atoms with Gasteiger partial charge >= 0.3 is 0 Å². The molecule has 0 amide bonds. The minimum atomic E-state index is -0.747. The Kier molecular flexibility index (Phi) is 19.3. The Morgan fingerprint density at radius 2 is 0.548 bits per heavy atom. The topological polar surface area (TPSA) is 39.2 Å². The van der Waals surface area contributed by atoms with Crippen molar-refractivity contribution in [3.8, 4) is 44.5 Å². The number of hydrogen-bond acceptors (Lipinski definition) is 6. The second-order valence-electron chi connectivity index (χ2n) is 36.0.